The summed E-state index contributed by atoms with van der Waals surface area (Å²) in [6.45, 7) is 0.509. The zero-order valence-electron chi connectivity index (χ0n) is 12.4. The van der Waals surface area contributed by atoms with E-state index in [1.165, 1.54) is 31.5 Å². The van der Waals surface area contributed by atoms with Crippen molar-refractivity contribution in [2.45, 2.75) is 6.54 Å². The fraction of sp³-hybridized carbons (Fsp3) is 0.118. The van der Waals surface area contributed by atoms with Gasteiger partial charge < -0.3 is 14.8 Å². The molecule has 2 aromatic carbocycles. The van der Waals surface area contributed by atoms with Crippen molar-refractivity contribution in [3.8, 4) is 5.75 Å². The summed E-state index contributed by atoms with van der Waals surface area (Å²) in [5.74, 6) is -1.02. The van der Waals surface area contributed by atoms with Crippen molar-refractivity contribution in [3.05, 3.63) is 76.3 Å². The second kappa shape index (κ2) is 8.33. The number of esters is 1. The summed E-state index contributed by atoms with van der Waals surface area (Å²) in [5, 5.41) is 2.97. The molecular weight excluding hydrogens is 365 g/mol. The lowest BCUT2D eigenvalue weighted by Gasteiger charge is -2.10. The standard InChI is InChI=1S/C17H15BrFNO3/c1-22-17(21)16(11-20-10-12-5-3-2-4-6-12)23-15-9-13(19)7-8-14(15)18/h2-9,11,20H,10H2,1H3/b16-11+. The molecule has 0 saturated carbocycles. The number of rotatable bonds is 6. The average molecular weight is 380 g/mol. The van der Waals surface area contributed by atoms with Gasteiger partial charge in [0, 0.05) is 18.8 Å². The molecule has 0 spiro atoms. The third-order valence-electron chi connectivity index (χ3n) is 2.88. The van der Waals surface area contributed by atoms with E-state index in [1.807, 2.05) is 30.3 Å². The van der Waals surface area contributed by atoms with Crippen molar-refractivity contribution >= 4 is 21.9 Å². The summed E-state index contributed by atoms with van der Waals surface area (Å²) >= 11 is 3.24. The number of carbonyl (C=O) groups is 1. The van der Waals surface area contributed by atoms with Crippen LogP contribution in [0.3, 0.4) is 0 Å². The number of methoxy groups -OCH3 is 1. The van der Waals surface area contributed by atoms with Gasteiger partial charge in [0.15, 0.2) is 0 Å². The first-order chi connectivity index (χ1) is 11.1. The van der Waals surface area contributed by atoms with E-state index in [0.29, 0.717) is 11.0 Å². The van der Waals surface area contributed by atoms with Crippen molar-refractivity contribution in [3.63, 3.8) is 0 Å². The van der Waals surface area contributed by atoms with Gasteiger partial charge in [0.05, 0.1) is 11.6 Å². The van der Waals surface area contributed by atoms with E-state index >= 15 is 0 Å². The summed E-state index contributed by atoms with van der Waals surface area (Å²) in [6, 6.07) is 13.6. The third-order valence-corrected chi connectivity index (χ3v) is 3.54. The van der Waals surface area contributed by atoms with Gasteiger partial charge in [0.2, 0.25) is 5.76 Å². The van der Waals surface area contributed by atoms with Crippen LogP contribution in [-0.4, -0.2) is 13.1 Å². The lowest BCUT2D eigenvalue weighted by molar-refractivity contribution is -0.138. The van der Waals surface area contributed by atoms with Crippen molar-refractivity contribution in [1.29, 1.82) is 0 Å². The molecule has 1 N–H and O–H groups in total. The normalized spacial score (nSPS) is 11.0. The summed E-state index contributed by atoms with van der Waals surface area (Å²) in [5.41, 5.74) is 1.04. The Morgan fingerprint density at radius 3 is 2.70 bits per heavy atom. The molecule has 2 rings (SSSR count). The highest BCUT2D eigenvalue weighted by Gasteiger charge is 2.14. The Morgan fingerprint density at radius 1 is 1.26 bits per heavy atom. The number of halogens is 2. The van der Waals surface area contributed by atoms with Gasteiger partial charge in [-0.15, -0.1) is 0 Å². The molecular formula is C17H15BrFNO3. The van der Waals surface area contributed by atoms with Crippen molar-refractivity contribution in [1.82, 2.24) is 5.32 Å². The number of ether oxygens (including phenoxy) is 2. The lowest BCUT2D eigenvalue weighted by Crippen LogP contribution is -2.16. The van der Waals surface area contributed by atoms with Crippen LogP contribution < -0.4 is 10.1 Å². The van der Waals surface area contributed by atoms with Gasteiger partial charge in [0.1, 0.15) is 11.6 Å². The van der Waals surface area contributed by atoms with Crippen molar-refractivity contribution in [2.24, 2.45) is 0 Å². The second-order valence-corrected chi connectivity index (χ2v) is 5.40. The number of nitrogens with one attached hydrogen (secondary N) is 1. The molecule has 4 nitrogen and oxygen atoms in total. The van der Waals surface area contributed by atoms with Crippen LogP contribution in [0.2, 0.25) is 0 Å². The van der Waals surface area contributed by atoms with Gasteiger partial charge in [-0.05, 0) is 33.6 Å². The maximum Gasteiger partial charge on any atom is 0.375 e. The van der Waals surface area contributed by atoms with E-state index in [1.54, 1.807) is 0 Å². The molecule has 0 aliphatic rings. The van der Waals surface area contributed by atoms with E-state index in [9.17, 15) is 9.18 Å². The molecule has 0 radical (unpaired) electrons. The van der Waals surface area contributed by atoms with Crippen molar-refractivity contribution < 1.29 is 18.7 Å². The second-order valence-electron chi connectivity index (χ2n) is 4.54. The van der Waals surface area contributed by atoms with E-state index in [-0.39, 0.29) is 11.5 Å². The van der Waals surface area contributed by atoms with Crippen LogP contribution >= 0.6 is 15.9 Å². The first-order valence-corrected chi connectivity index (χ1v) is 7.58. The molecule has 0 amide bonds. The molecule has 0 aromatic heterocycles. The topological polar surface area (TPSA) is 47.6 Å². The Morgan fingerprint density at radius 2 is 2.00 bits per heavy atom. The van der Waals surface area contributed by atoms with Crippen LogP contribution in [0.4, 0.5) is 4.39 Å². The van der Waals surface area contributed by atoms with E-state index in [4.69, 9.17) is 4.74 Å². The summed E-state index contributed by atoms with van der Waals surface area (Å²) in [4.78, 5) is 11.8. The quantitative estimate of drug-likeness (QED) is 0.471. The number of hydrogen-bond acceptors (Lipinski definition) is 4. The third kappa shape index (κ3) is 5.10. The first kappa shape index (κ1) is 17.0. The molecule has 0 heterocycles. The van der Waals surface area contributed by atoms with E-state index < -0.39 is 11.8 Å². The summed E-state index contributed by atoms with van der Waals surface area (Å²) in [7, 11) is 1.25. The van der Waals surface area contributed by atoms with Gasteiger partial charge in [-0.3, -0.25) is 0 Å². The summed E-state index contributed by atoms with van der Waals surface area (Å²) < 4.78 is 24.0. The predicted molar refractivity (Wildman–Crippen MR) is 88.1 cm³/mol. The van der Waals surface area contributed by atoms with Crippen LogP contribution in [0.5, 0.6) is 5.75 Å². The minimum Gasteiger partial charge on any atom is -0.463 e. The maximum absolute atomic E-state index is 13.3. The zero-order chi connectivity index (χ0) is 16.7. The largest absolute Gasteiger partial charge is 0.463 e. The predicted octanol–water partition coefficient (Wildman–Crippen LogP) is 3.77. The Balaban J connectivity index is 2.11. The number of hydrogen-bond donors (Lipinski definition) is 1. The fourth-order valence-electron chi connectivity index (χ4n) is 1.76. The minimum atomic E-state index is -0.665. The summed E-state index contributed by atoms with van der Waals surface area (Å²) in [6.07, 6.45) is 1.40. The molecule has 2 aromatic rings. The number of carbonyl (C=O) groups excluding carboxylic acids is 1. The molecule has 6 heteroatoms. The Labute approximate surface area is 142 Å². The lowest BCUT2D eigenvalue weighted by atomic mass is 10.2. The molecule has 0 unspecified atom stereocenters. The highest BCUT2D eigenvalue weighted by molar-refractivity contribution is 9.10. The van der Waals surface area contributed by atoms with Gasteiger partial charge in [-0.1, -0.05) is 30.3 Å². The van der Waals surface area contributed by atoms with Gasteiger partial charge in [-0.25, -0.2) is 9.18 Å². The fourth-order valence-corrected chi connectivity index (χ4v) is 2.09. The molecule has 0 bridgehead atoms. The van der Waals surface area contributed by atoms with Crippen LogP contribution in [0, 0.1) is 5.82 Å². The molecule has 0 aliphatic heterocycles. The monoisotopic (exact) mass is 379 g/mol. The zero-order valence-corrected chi connectivity index (χ0v) is 14.0. The van der Waals surface area contributed by atoms with Crippen LogP contribution in [0.25, 0.3) is 0 Å². The number of benzene rings is 2. The molecule has 0 atom stereocenters. The Bertz CT molecular complexity index is 704. The van der Waals surface area contributed by atoms with Crippen LogP contribution in [0.1, 0.15) is 5.56 Å². The molecule has 23 heavy (non-hydrogen) atoms. The van der Waals surface area contributed by atoms with Gasteiger partial charge in [0.25, 0.3) is 0 Å². The average Bonchev–Trinajstić information content (AvgIpc) is 2.57. The van der Waals surface area contributed by atoms with Crippen molar-refractivity contribution in [2.75, 3.05) is 7.11 Å². The van der Waals surface area contributed by atoms with E-state index in [0.717, 1.165) is 5.56 Å². The Kier molecular flexibility index (Phi) is 6.17. The van der Waals surface area contributed by atoms with Gasteiger partial charge >= 0.3 is 5.97 Å². The first-order valence-electron chi connectivity index (χ1n) is 6.79. The van der Waals surface area contributed by atoms with E-state index in [2.05, 4.69) is 26.0 Å². The highest BCUT2D eigenvalue weighted by Crippen LogP contribution is 2.27. The van der Waals surface area contributed by atoms with Crippen LogP contribution in [-0.2, 0) is 16.1 Å². The van der Waals surface area contributed by atoms with Crippen LogP contribution in [0.15, 0.2) is 65.0 Å². The molecule has 0 aliphatic carbocycles. The SMILES string of the molecule is COC(=O)/C(=C\NCc1ccccc1)Oc1cc(F)ccc1Br. The molecule has 0 fully saturated rings. The molecule has 120 valence electrons. The van der Waals surface area contributed by atoms with Gasteiger partial charge in [-0.2, -0.15) is 0 Å². The molecule has 0 saturated heterocycles. The maximum atomic E-state index is 13.3. The minimum absolute atomic E-state index is 0.0743. The smallest absolute Gasteiger partial charge is 0.375 e. The Hall–Kier alpha value is -2.34. The highest BCUT2D eigenvalue weighted by atomic mass is 79.9.